The van der Waals surface area contributed by atoms with Crippen LogP contribution >= 0.6 is 0 Å². The van der Waals surface area contributed by atoms with E-state index in [4.69, 9.17) is 4.42 Å². The number of benzene rings is 1. The first kappa shape index (κ1) is 6.96. The fourth-order valence-electron chi connectivity index (χ4n) is 1.93. The molecule has 1 heterocycles. The van der Waals surface area contributed by atoms with E-state index < -0.39 is 0 Å². The monoisotopic (exact) mass is 170 g/mol. The molecule has 0 saturated carbocycles. The van der Waals surface area contributed by atoms with E-state index in [1.807, 2.05) is 12.1 Å². The molecule has 1 nitrogen and oxygen atoms in total. The maximum absolute atomic E-state index is 5.70. The van der Waals surface area contributed by atoms with Gasteiger partial charge in [0.1, 0.15) is 11.3 Å². The average molecular weight is 170 g/mol. The smallest absolute Gasteiger partial charge is 0.135 e. The van der Waals surface area contributed by atoms with Crippen LogP contribution in [0.1, 0.15) is 17.7 Å². The van der Waals surface area contributed by atoms with Gasteiger partial charge in [0.05, 0.1) is 0 Å². The van der Waals surface area contributed by atoms with Crippen molar-refractivity contribution in [2.24, 2.45) is 0 Å². The quantitative estimate of drug-likeness (QED) is 0.590. The molecule has 2 aromatic rings. The van der Waals surface area contributed by atoms with Crippen molar-refractivity contribution in [3.63, 3.8) is 0 Å². The van der Waals surface area contributed by atoms with Crippen LogP contribution in [0.15, 0.2) is 34.8 Å². The van der Waals surface area contributed by atoms with Gasteiger partial charge in [-0.15, -0.1) is 0 Å². The summed E-state index contributed by atoms with van der Waals surface area (Å²) in [5.41, 5.74) is 2.39. The first-order chi connectivity index (χ1) is 6.45. The molecule has 0 N–H and O–H groups in total. The highest BCUT2D eigenvalue weighted by atomic mass is 16.3. The fraction of sp³-hybridized carbons (Fsp3) is 0.167. The standard InChI is InChI=1S/C12H10O/c1-3-7-11-9(5-1)10-6-2-4-8-12(10)13-11/h1,3-5,7-8H,2,6H2. The zero-order valence-electron chi connectivity index (χ0n) is 7.29. The van der Waals surface area contributed by atoms with Crippen LogP contribution in [0.3, 0.4) is 0 Å². The van der Waals surface area contributed by atoms with Crippen molar-refractivity contribution >= 4 is 17.0 Å². The lowest BCUT2D eigenvalue weighted by atomic mass is 10.0. The molecule has 0 saturated heterocycles. The highest BCUT2D eigenvalue weighted by Crippen LogP contribution is 2.30. The number of para-hydroxylation sites is 1. The lowest BCUT2D eigenvalue weighted by Crippen LogP contribution is -1.88. The Labute approximate surface area is 76.7 Å². The number of furan rings is 1. The molecule has 0 bridgehead atoms. The van der Waals surface area contributed by atoms with E-state index in [9.17, 15) is 0 Å². The third-order valence-corrected chi connectivity index (χ3v) is 2.56. The molecule has 13 heavy (non-hydrogen) atoms. The molecule has 0 atom stereocenters. The summed E-state index contributed by atoms with van der Waals surface area (Å²) >= 11 is 0. The Balaban J connectivity index is 2.41. The summed E-state index contributed by atoms with van der Waals surface area (Å²) < 4.78 is 5.70. The van der Waals surface area contributed by atoms with Gasteiger partial charge in [-0.3, -0.25) is 0 Å². The minimum absolute atomic E-state index is 1.01. The third kappa shape index (κ3) is 0.934. The molecule has 0 unspecified atom stereocenters. The van der Waals surface area contributed by atoms with E-state index in [-0.39, 0.29) is 0 Å². The van der Waals surface area contributed by atoms with Crippen LogP contribution in [0.2, 0.25) is 0 Å². The van der Waals surface area contributed by atoms with Gasteiger partial charge >= 0.3 is 0 Å². The number of aryl methyl sites for hydroxylation is 1. The second-order valence-corrected chi connectivity index (χ2v) is 3.38. The van der Waals surface area contributed by atoms with Gasteiger partial charge in [-0.05, 0) is 25.0 Å². The van der Waals surface area contributed by atoms with E-state index in [0.717, 1.165) is 24.2 Å². The fourth-order valence-corrected chi connectivity index (χ4v) is 1.93. The van der Waals surface area contributed by atoms with Crippen LogP contribution in [0, 0.1) is 0 Å². The van der Waals surface area contributed by atoms with E-state index in [0.29, 0.717) is 0 Å². The Kier molecular flexibility index (Phi) is 1.33. The molecular weight excluding hydrogens is 160 g/mol. The first-order valence-corrected chi connectivity index (χ1v) is 4.62. The first-order valence-electron chi connectivity index (χ1n) is 4.62. The maximum Gasteiger partial charge on any atom is 0.135 e. The van der Waals surface area contributed by atoms with Crippen LogP contribution in [0.25, 0.3) is 17.0 Å². The van der Waals surface area contributed by atoms with Gasteiger partial charge in [0.2, 0.25) is 0 Å². The Morgan fingerprint density at radius 1 is 1.15 bits per heavy atom. The summed E-state index contributed by atoms with van der Waals surface area (Å²) in [5, 5.41) is 1.28. The predicted molar refractivity (Wildman–Crippen MR) is 53.6 cm³/mol. The highest BCUT2D eigenvalue weighted by Gasteiger charge is 2.12. The van der Waals surface area contributed by atoms with Crippen molar-refractivity contribution < 1.29 is 4.42 Å². The van der Waals surface area contributed by atoms with Crippen molar-refractivity contribution in [2.45, 2.75) is 12.8 Å². The van der Waals surface area contributed by atoms with Crippen LogP contribution in [-0.2, 0) is 6.42 Å². The van der Waals surface area contributed by atoms with Gasteiger partial charge in [-0.2, -0.15) is 0 Å². The molecule has 1 aromatic carbocycles. The zero-order valence-corrected chi connectivity index (χ0v) is 7.29. The van der Waals surface area contributed by atoms with Crippen LogP contribution < -0.4 is 0 Å². The van der Waals surface area contributed by atoms with E-state index in [1.54, 1.807) is 0 Å². The Hall–Kier alpha value is -1.50. The summed E-state index contributed by atoms with van der Waals surface area (Å²) in [6, 6.07) is 8.25. The summed E-state index contributed by atoms with van der Waals surface area (Å²) in [4.78, 5) is 0. The number of rotatable bonds is 0. The molecule has 0 amide bonds. The van der Waals surface area contributed by atoms with Crippen molar-refractivity contribution in [3.8, 4) is 0 Å². The number of hydrogen-bond donors (Lipinski definition) is 0. The molecule has 64 valence electrons. The van der Waals surface area contributed by atoms with Gasteiger partial charge in [-0.1, -0.05) is 24.3 Å². The normalized spacial score (nSPS) is 14.8. The predicted octanol–water partition coefficient (Wildman–Crippen LogP) is 3.39. The molecule has 0 fully saturated rings. The summed E-state index contributed by atoms with van der Waals surface area (Å²) in [5.74, 6) is 1.05. The average Bonchev–Trinajstić information content (AvgIpc) is 2.56. The Bertz CT molecular complexity index is 477. The molecule has 1 aliphatic carbocycles. The lowest BCUT2D eigenvalue weighted by molar-refractivity contribution is 0.595. The number of hydrogen-bond acceptors (Lipinski definition) is 1. The number of fused-ring (bicyclic) bond motifs is 3. The largest absolute Gasteiger partial charge is 0.456 e. The Morgan fingerprint density at radius 2 is 2.08 bits per heavy atom. The minimum Gasteiger partial charge on any atom is -0.456 e. The van der Waals surface area contributed by atoms with Crippen molar-refractivity contribution in [1.82, 2.24) is 0 Å². The van der Waals surface area contributed by atoms with Crippen LogP contribution in [0.5, 0.6) is 0 Å². The van der Waals surface area contributed by atoms with Crippen molar-refractivity contribution in [2.75, 3.05) is 0 Å². The van der Waals surface area contributed by atoms with Gasteiger partial charge in [0.25, 0.3) is 0 Å². The molecule has 1 heteroatoms. The Morgan fingerprint density at radius 3 is 3.08 bits per heavy atom. The third-order valence-electron chi connectivity index (χ3n) is 2.56. The van der Waals surface area contributed by atoms with Crippen molar-refractivity contribution in [3.05, 3.63) is 41.7 Å². The van der Waals surface area contributed by atoms with E-state index in [2.05, 4.69) is 24.3 Å². The van der Waals surface area contributed by atoms with Gasteiger partial charge in [0, 0.05) is 10.9 Å². The minimum atomic E-state index is 1.01. The van der Waals surface area contributed by atoms with Gasteiger partial charge < -0.3 is 4.42 Å². The molecule has 0 spiro atoms. The summed E-state index contributed by atoms with van der Waals surface area (Å²) in [7, 11) is 0. The van der Waals surface area contributed by atoms with Crippen LogP contribution in [0.4, 0.5) is 0 Å². The van der Waals surface area contributed by atoms with E-state index >= 15 is 0 Å². The molecule has 0 radical (unpaired) electrons. The summed E-state index contributed by atoms with van der Waals surface area (Å²) in [6.07, 6.45) is 6.50. The van der Waals surface area contributed by atoms with Crippen molar-refractivity contribution in [1.29, 1.82) is 0 Å². The highest BCUT2D eigenvalue weighted by molar-refractivity contribution is 5.85. The second kappa shape index (κ2) is 2.49. The zero-order chi connectivity index (χ0) is 8.67. The lowest BCUT2D eigenvalue weighted by Gasteiger charge is -2.01. The van der Waals surface area contributed by atoms with Gasteiger partial charge in [-0.25, -0.2) is 0 Å². The van der Waals surface area contributed by atoms with Gasteiger partial charge in [0.15, 0.2) is 0 Å². The van der Waals surface area contributed by atoms with E-state index in [1.165, 1.54) is 10.9 Å². The maximum atomic E-state index is 5.70. The molecular formula is C12H10O. The topological polar surface area (TPSA) is 13.1 Å². The summed E-state index contributed by atoms with van der Waals surface area (Å²) in [6.45, 7) is 0. The van der Waals surface area contributed by atoms with Crippen LogP contribution in [-0.4, -0.2) is 0 Å². The SMILES string of the molecule is C1=Cc2oc3ccccc3c2CC1. The number of allylic oxidation sites excluding steroid dienone is 1. The molecule has 3 rings (SSSR count). The second-order valence-electron chi connectivity index (χ2n) is 3.38. The molecule has 1 aliphatic rings. The molecule has 0 aliphatic heterocycles. The molecule has 1 aromatic heterocycles.